The topological polar surface area (TPSA) is 91.1 Å². The van der Waals surface area contributed by atoms with Gasteiger partial charge in [0.05, 0.1) is 6.26 Å². The second-order valence-corrected chi connectivity index (χ2v) is 7.13. The van der Waals surface area contributed by atoms with Gasteiger partial charge >= 0.3 is 0 Å². The number of thiophene rings is 1. The van der Waals surface area contributed by atoms with Gasteiger partial charge < -0.3 is 15.1 Å². The van der Waals surface area contributed by atoms with Crippen LogP contribution in [0.5, 0.6) is 0 Å². The van der Waals surface area contributed by atoms with E-state index in [0.29, 0.717) is 24.0 Å². The number of rotatable bonds is 8. The zero-order chi connectivity index (χ0) is 18.2. The first kappa shape index (κ1) is 18.2. The maximum atomic E-state index is 5.30. The molecule has 3 aromatic rings. The van der Waals surface area contributed by atoms with Crippen LogP contribution in [-0.2, 0) is 12.8 Å². The molecule has 0 bridgehead atoms. The van der Waals surface area contributed by atoms with E-state index in [9.17, 15) is 0 Å². The molecule has 3 aromatic heterocycles. The molecule has 3 rings (SSSR count). The van der Waals surface area contributed by atoms with Crippen LogP contribution in [0.25, 0.3) is 11.6 Å². The van der Waals surface area contributed by atoms with Gasteiger partial charge in [-0.25, -0.2) is 4.98 Å². The molecule has 0 saturated carbocycles. The smallest absolute Gasteiger partial charge is 0.216 e. The Kier molecular flexibility index (Phi) is 6.43. The van der Waals surface area contributed by atoms with E-state index in [0.717, 1.165) is 31.2 Å². The standard InChI is InChI=1S/C18H24N6OS/c1-13(11-14-5-4-10-26-14)12-21-18(19-2)20-8-7-16-22-17(24-23-16)15-6-3-9-25-15/h3-6,9-10,13H,7-8,11-12H2,1-2H3,(H2,19,20,21)(H,22,23,24). The first-order valence-corrected chi connectivity index (χ1v) is 9.54. The van der Waals surface area contributed by atoms with Gasteiger partial charge in [0.25, 0.3) is 0 Å². The molecule has 1 unspecified atom stereocenters. The van der Waals surface area contributed by atoms with Crippen molar-refractivity contribution in [1.29, 1.82) is 0 Å². The molecule has 138 valence electrons. The van der Waals surface area contributed by atoms with E-state index < -0.39 is 0 Å². The number of hydrogen-bond donors (Lipinski definition) is 3. The van der Waals surface area contributed by atoms with Gasteiger partial charge in [0.2, 0.25) is 5.82 Å². The molecule has 0 spiro atoms. The van der Waals surface area contributed by atoms with Gasteiger partial charge in [0.15, 0.2) is 11.7 Å². The summed E-state index contributed by atoms with van der Waals surface area (Å²) in [4.78, 5) is 10.1. The minimum absolute atomic E-state index is 0.539. The lowest BCUT2D eigenvalue weighted by atomic mass is 10.1. The van der Waals surface area contributed by atoms with E-state index >= 15 is 0 Å². The lowest BCUT2D eigenvalue weighted by Gasteiger charge is -2.15. The second-order valence-electron chi connectivity index (χ2n) is 6.10. The van der Waals surface area contributed by atoms with Crippen molar-refractivity contribution in [3.05, 3.63) is 46.6 Å². The molecule has 0 amide bonds. The Morgan fingerprint density at radius 3 is 3.00 bits per heavy atom. The van der Waals surface area contributed by atoms with Crippen LogP contribution < -0.4 is 10.6 Å². The molecule has 0 aliphatic heterocycles. The van der Waals surface area contributed by atoms with Crippen LogP contribution in [0.4, 0.5) is 0 Å². The zero-order valence-corrected chi connectivity index (χ0v) is 15.8. The molecule has 0 aromatic carbocycles. The third-order valence-corrected chi connectivity index (χ3v) is 4.80. The van der Waals surface area contributed by atoms with Crippen LogP contribution in [0.1, 0.15) is 17.6 Å². The number of furan rings is 1. The predicted octanol–water partition coefficient (Wildman–Crippen LogP) is 2.71. The molecule has 0 fully saturated rings. The summed E-state index contributed by atoms with van der Waals surface area (Å²) in [7, 11) is 1.78. The maximum absolute atomic E-state index is 5.30. The van der Waals surface area contributed by atoms with Crippen molar-refractivity contribution in [2.45, 2.75) is 19.8 Å². The lowest BCUT2D eigenvalue weighted by molar-refractivity contribution is 0.562. The molecule has 7 nitrogen and oxygen atoms in total. The number of aliphatic imine (C=N–C) groups is 1. The third kappa shape index (κ3) is 5.19. The summed E-state index contributed by atoms with van der Waals surface area (Å²) in [5.41, 5.74) is 0. The molecule has 3 N–H and O–H groups in total. The Bertz CT molecular complexity index is 794. The summed E-state index contributed by atoms with van der Waals surface area (Å²) >= 11 is 1.81. The maximum Gasteiger partial charge on any atom is 0.216 e. The molecule has 26 heavy (non-hydrogen) atoms. The van der Waals surface area contributed by atoms with Gasteiger partial charge in [-0.1, -0.05) is 13.0 Å². The van der Waals surface area contributed by atoms with Crippen molar-refractivity contribution in [3.63, 3.8) is 0 Å². The predicted molar refractivity (Wildman–Crippen MR) is 104 cm³/mol. The van der Waals surface area contributed by atoms with Gasteiger partial charge in [-0.15, -0.1) is 11.3 Å². The van der Waals surface area contributed by atoms with Gasteiger partial charge in [-0.3, -0.25) is 10.1 Å². The molecule has 0 saturated heterocycles. The lowest BCUT2D eigenvalue weighted by Crippen LogP contribution is -2.40. The van der Waals surface area contributed by atoms with Gasteiger partial charge in [0, 0.05) is 31.4 Å². The second kappa shape index (κ2) is 9.19. The molecule has 1 atom stereocenters. The molecular formula is C18H24N6OS. The number of nitrogens with zero attached hydrogens (tertiary/aromatic N) is 3. The SMILES string of the molecule is CN=C(NCCc1nc(-c2ccco2)n[nH]1)NCC(C)Cc1cccs1. The van der Waals surface area contributed by atoms with E-state index in [2.05, 4.69) is 55.2 Å². The van der Waals surface area contributed by atoms with E-state index in [1.54, 1.807) is 13.3 Å². The number of hydrogen-bond acceptors (Lipinski definition) is 5. The monoisotopic (exact) mass is 372 g/mol. The van der Waals surface area contributed by atoms with E-state index in [4.69, 9.17) is 4.42 Å². The van der Waals surface area contributed by atoms with Gasteiger partial charge in [0.1, 0.15) is 5.82 Å². The highest BCUT2D eigenvalue weighted by atomic mass is 32.1. The fraction of sp³-hybridized carbons (Fsp3) is 0.389. The quantitative estimate of drug-likeness (QED) is 0.418. The molecule has 0 aliphatic carbocycles. The number of nitrogens with one attached hydrogen (secondary N) is 3. The Morgan fingerprint density at radius 1 is 1.35 bits per heavy atom. The van der Waals surface area contributed by atoms with Crippen molar-refractivity contribution in [1.82, 2.24) is 25.8 Å². The molecule has 0 radical (unpaired) electrons. The third-order valence-electron chi connectivity index (χ3n) is 3.90. The Balaban J connectivity index is 1.39. The van der Waals surface area contributed by atoms with Crippen molar-refractivity contribution < 1.29 is 4.42 Å². The average molecular weight is 372 g/mol. The Labute approximate surface area is 157 Å². The summed E-state index contributed by atoms with van der Waals surface area (Å²) < 4.78 is 5.30. The summed E-state index contributed by atoms with van der Waals surface area (Å²) in [5, 5.41) is 15.9. The summed E-state index contributed by atoms with van der Waals surface area (Å²) in [6.07, 6.45) is 3.41. The first-order valence-electron chi connectivity index (χ1n) is 8.66. The number of aromatic amines is 1. The van der Waals surface area contributed by atoms with Crippen molar-refractivity contribution >= 4 is 17.3 Å². The largest absolute Gasteiger partial charge is 0.461 e. The first-order chi connectivity index (χ1) is 12.7. The average Bonchev–Trinajstić information content (AvgIpc) is 3.39. The highest BCUT2D eigenvalue weighted by molar-refractivity contribution is 7.09. The Hall–Kier alpha value is -2.61. The van der Waals surface area contributed by atoms with Crippen LogP contribution >= 0.6 is 11.3 Å². The minimum atomic E-state index is 0.539. The summed E-state index contributed by atoms with van der Waals surface area (Å²) in [6, 6.07) is 7.94. The Morgan fingerprint density at radius 2 is 2.27 bits per heavy atom. The molecule has 3 heterocycles. The number of H-pyrrole nitrogens is 1. The molecule has 0 aliphatic rings. The van der Waals surface area contributed by atoms with E-state index in [1.807, 2.05) is 23.5 Å². The highest BCUT2D eigenvalue weighted by Gasteiger charge is 2.09. The fourth-order valence-corrected chi connectivity index (χ4v) is 3.43. The molecule has 8 heteroatoms. The normalized spacial score (nSPS) is 12.9. The molecular weight excluding hydrogens is 348 g/mol. The summed E-state index contributed by atoms with van der Waals surface area (Å²) in [5.74, 6) is 3.39. The number of aromatic nitrogens is 3. The number of guanidine groups is 1. The van der Waals surface area contributed by atoms with Crippen molar-refractivity contribution in [2.75, 3.05) is 20.1 Å². The summed E-state index contributed by atoms with van der Waals surface area (Å²) in [6.45, 7) is 3.83. The van der Waals surface area contributed by atoms with Crippen LogP contribution in [-0.4, -0.2) is 41.3 Å². The zero-order valence-electron chi connectivity index (χ0n) is 15.0. The highest BCUT2D eigenvalue weighted by Crippen LogP contribution is 2.14. The van der Waals surface area contributed by atoms with Crippen molar-refractivity contribution in [2.24, 2.45) is 10.9 Å². The van der Waals surface area contributed by atoms with Crippen LogP contribution in [0.2, 0.25) is 0 Å². The van der Waals surface area contributed by atoms with Gasteiger partial charge in [-0.2, -0.15) is 5.10 Å². The van der Waals surface area contributed by atoms with Crippen molar-refractivity contribution in [3.8, 4) is 11.6 Å². The van der Waals surface area contributed by atoms with Crippen LogP contribution in [0.3, 0.4) is 0 Å². The van der Waals surface area contributed by atoms with E-state index in [-0.39, 0.29) is 0 Å². The minimum Gasteiger partial charge on any atom is -0.461 e. The van der Waals surface area contributed by atoms with Gasteiger partial charge in [-0.05, 0) is 35.9 Å². The van der Waals surface area contributed by atoms with Crippen LogP contribution in [0.15, 0.2) is 45.3 Å². The van der Waals surface area contributed by atoms with E-state index in [1.165, 1.54) is 4.88 Å². The fourth-order valence-electron chi connectivity index (χ4n) is 2.56. The van der Waals surface area contributed by atoms with Crippen LogP contribution in [0, 0.1) is 5.92 Å².